The molecule has 142 valence electrons. The Kier molecular flexibility index (Phi) is 9.80. The van der Waals surface area contributed by atoms with Crippen molar-refractivity contribution in [1.29, 1.82) is 0 Å². The minimum atomic E-state index is 0. The Bertz CT molecular complexity index is 535. The number of anilines is 1. The van der Waals surface area contributed by atoms with Gasteiger partial charge in [-0.2, -0.15) is 0 Å². The highest BCUT2D eigenvalue weighted by atomic mass is 35.5. The molecular formula is C19H31Cl2N3O. The van der Waals surface area contributed by atoms with Gasteiger partial charge in [-0.25, -0.2) is 0 Å². The Balaban J connectivity index is 0.00000156. The van der Waals surface area contributed by atoms with Gasteiger partial charge in [0.15, 0.2) is 0 Å². The number of likely N-dealkylation sites (tertiary alicyclic amines) is 1. The molecule has 1 saturated carbocycles. The average Bonchev–Trinajstić information content (AvgIpc) is 2.56. The van der Waals surface area contributed by atoms with Crippen molar-refractivity contribution < 1.29 is 4.79 Å². The van der Waals surface area contributed by atoms with Gasteiger partial charge in [-0.3, -0.25) is 9.69 Å². The monoisotopic (exact) mass is 387 g/mol. The molecule has 6 heteroatoms. The topological polar surface area (TPSA) is 58.4 Å². The summed E-state index contributed by atoms with van der Waals surface area (Å²) < 4.78 is 0. The normalized spacial score (nSPS) is 23.9. The summed E-state index contributed by atoms with van der Waals surface area (Å²) in [6.07, 6.45) is 7.86. The summed E-state index contributed by atoms with van der Waals surface area (Å²) in [5.74, 6) is 0.208. The van der Waals surface area contributed by atoms with Gasteiger partial charge in [0.05, 0.1) is 0 Å². The van der Waals surface area contributed by atoms with Crippen LogP contribution in [0.3, 0.4) is 0 Å². The van der Waals surface area contributed by atoms with Crippen LogP contribution in [0.2, 0.25) is 0 Å². The van der Waals surface area contributed by atoms with Crippen molar-refractivity contribution in [3.05, 3.63) is 29.8 Å². The van der Waals surface area contributed by atoms with Gasteiger partial charge in [0, 0.05) is 24.2 Å². The molecule has 1 saturated heterocycles. The van der Waals surface area contributed by atoms with E-state index in [2.05, 4.69) is 22.3 Å². The first-order chi connectivity index (χ1) is 11.2. The molecule has 1 aromatic rings. The maximum Gasteiger partial charge on any atom is 0.227 e. The second-order valence-electron chi connectivity index (χ2n) is 7.15. The van der Waals surface area contributed by atoms with Crippen LogP contribution in [-0.4, -0.2) is 29.9 Å². The van der Waals surface area contributed by atoms with E-state index in [1.807, 2.05) is 12.1 Å². The lowest BCUT2D eigenvalue weighted by Crippen LogP contribution is -2.34. The molecule has 0 aromatic heterocycles. The van der Waals surface area contributed by atoms with Crippen molar-refractivity contribution in [3.8, 4) is 0 Å². The number of hydrogen-bond acceptors (Lipinski definition) is 3. The zero-order valence-electron chi connectivity index (χ0n) is 14.8. The van der Waals surface area contributed by atoms with Crippen molar-refractivity contribution in [2.24, 2.45) is 11.7 Å². The van der Waals surface area contributed by atoms with E-state index in [0.29, 0.717) is 0 Å². The summed E-state index contributed by atoms with van der Waals surface area (Å²) in [5, 5.41) is 3.10. The number of halogens is 2. The molecule has 2 atom stereocenters. The molecule has 1 aliphatic carbocycles. The first-order valence-electron chi connectivity index (χ1n) is 9.08. The smallest absolute Gasteiger partial charge is 0.227 e. The molecule has 3 N–H and O–H groups in total. The zero-order chi connectivity index (χ0) is 16.1. The van der Waals surface area contributed by atoms with Crippen LogP contribution in [0.4, 0.5) is 5.69 Å². The van der Waals surface area contributed by atoms with Crippen LogP contribution in [-0.2, 0) is 11.3 Å². The molecule has 1 aliphatic heterocycles. The Hall–Kier alpha value is -0.810. The summed E-state index contributed by atoms with van der Waals surface area (Å²) in [4.78, 5) is 14.9. The predicted molar refractivity (Wildman–Crippen MR) is 109 cm³/mol. The highest BCUT2D eigenvalue weighted by molar-refractivity contribution is 5.92. The minimum absolute atomic E-state index is 0. The molecule has 0 spiro atoms. The Morgan fingerprint density at radius 1 is 1.12 bits per heavy atom. The molecule has 25 heavy (non-hydrogen) atoms. The number of nitrogens with one attached hydrogen (secondary N) is 1. The third-order valence-electron chi connectivity index (χ3n) is 5.13. The standard InChI is InChI=1S/C19H29N3O.2ClH/c20-17-8-5-7-16(13-17)19(23)21-18-9-4-6-15(12-18)14-22-10-2-1-3-11-22;;/h4,6,9,12,16-17H,1-3,5,7-8,10-11,13-14,20H2,(H,21,23);2*1H. The molecular weight excluding hydrogens is 357 g/mol. The van der Waals surface area contributed by atoms with Gasteiger partial charge in [0.2, 0.25) is 5.91 Å². The van der Waals surface area contributed by atoms with E-state index in [9.17, 15) is 4.79 Å². The van der Waals surface area contributed by atoms with Crippen molar-refractivity contribution in [2.45, 2.75) is 57.5 Å². The molecule has 0 bridgehead atoms. The van der Waals surface area contributed by atoms with Gasteiger partial charge >= 0.3 is 0 Å². The fourth-order valence-corrected chi connectivity index (χ4v) is 3.83. The predicted octanol–water partition coefficient (Wildman–Crippen LogP) is 3.97. The summed E-state index contributed by atoms with van der Waals surface area (Å²) in [6, 6.07) is 8.49. The molecule has 2 unspecified atom stereocenters. The molecule has 1 amide bonds. The van der Waals surface area contributed by atoms with Gasteiger partial charge in [-0.15, -0.1) is 24.8 Å². The number of nitrogens with two attached hydrogens (primary N) is 1. The summed E-state index contributed by atoms with van der Waals surface area (Å²) >= 11 is 0. The van der Waals surface area contributed by atoms with Crippen LogP contribution >= 0.6 is 24.8 Å². The van der Waals surface area contributed by atoms with Crippen molar-refractivity contribution >= 4 is 36.4 Å². The third-order valence-corrected chi connectivity index (χ3v) is 5.13. The number of carbonyl (C=O) groups excluding carboxylic acids is 1. The van der Waals surface area contributed by atoms with Crippen LogP contribution in [0.25, 0.3) is 0 Å². The first-order valence-corrected chi connectivity index (χ1v) is 9.08. The number of piperidine rings is 1. The zero-order valence-corrected chi connectivity index (χ0v) is 16.4. The molecule has 3 rings (SSSR count). The number of amides is 1. The second kappa shape index (κ2) is 11.0. The number of benzene rings is 1. The van der Waals surface area contributed by atoms with Gasteiger partial charge in [0.1, 0.15) is 0 Å². The van der Waals surface area contributed by atoms with E-state index >= 15 is 0 Å². The quantitative estimate of drug-likeness (QED) is 0.821. The van der Waals surface area contributed by atoms with Crippen LogP contribution in [0.1, 0.15) is 50.5 Å². The summed E-state index contributed by atoms with van der Waals surface area (Å²) in [5.41, 5.74) is 8.20. The van der Waals surface area contributed by atoms with Gasteiger partial charge < -0.3 is 11.1 Å². The lowest BCUT2D eigenvalue weighted by atomic mass is 9.85. The largest absolute Gasteiger partial charge is 0.328 e. The molecule has 4 nitrogen and oxygen atoms in total. The van der Waals surface area contributed by atoms with Gasteiger partial charge in [-0.05, 0) is 62.9 Å². The fourth-order valence-electron chi connectivity index (χ4n) is 3.83. The fraction of sp³-hybridized carbons (Fsp3) is 0.632. The number of rotatable bonds is 4. The van der Waals surface area contributed by atoms with Gasteiger partial charge in [0.25, 0.3) is 0 Å². The SMILES string of the molecule is Cl.Cl.NC1CCCC(C(=O)Nc2cccc(CN3CCCCC3)c2)C1. The number of carbonyl (C=O) groups is 1. The average molecular weight is 388 g/mol. The Morgan fingerprint density at radius 3 is 2.60 bits per heavy atom. The molecule has 2 fully saturated rings. The summed E-state index contributed by atoms with van der Waals surface area (Å²) in [7, 11) is 0. The molecule has 2 aliphatic rings. The highest BCUT2D eigenvalue weighted by Crippen LogP contribution is 2.25. The van der Waals surface area contributed by atoms with E-state index in [1.165, 1.54) is 37.9 Å². The van der Waals surface area contributed by atoms with E-state index in [1.54, 1.807) is 0 Å². The lowest BCUT2D eigenvalue weighted by Gasteiger charge is -2.27. The minimum Gasteiger partial charge on any atom is -0.328 e. The maximum absolute atomic E-state index is 12.4. The van der Waals surface area contributed by atoms with E-state index < -0.39 is 0 Å². The lowest BCUT2D eigenvalue weighted by molar-refractivity contribution is -0.120. The van der Waals surface area contributed by atoms with Crippen LogP contribution in [0.5, 0.6) is 0 Å². The van der Waals surface area contributed by atoms with Crippen molar-refractivity contribution in [2.75, 3.05) is 18.4 Å². The van der Waals surface area contributed by atoms with Crippen molar-refractivity contribution in [3.63, 3.8) is 0 Å². The van der Waals surface area contributed by atoms with Crippen LogP contribution in [0.15, 0.2) is 24.3 Å². The van der Waals surface area contributed by atoms with Crippen molar-refractivity contribution in [1.82, 2.24) is 4.90 Å². The second-order valence-corrected chi connectivity index (χ2v) is 7.15. The first kappa shape index (κ1) is 22.2. The molecule has 0 radical (unpaired) electrons. The Labute approximate surface area is 163 Å². The number of nitrogens with zero attached hydrogens (tertiary/aromatic N) is 1. The van der Waals surface area contributed by atoms with E-state index in [-0.39, 0.29) is 42.7 Å². The highest BCUT2D eigenvalue weighted by Gasteiger charge is 2.25. The molecule has 1 heterocycles. The Morgan fingerprint density at radius 2 is 1.88 bits per heavy atom. The van der Waals surface area contributed by atoms with E-state index in [4.69, 9.17) is 5.73 Å². The maximum atomic E-state index is 12.4. The van der Waals surface area contributed by atoms with Crippen LogP contribution in [0, 0.1) is 5.92 Å². The molecule has 1 aromatic carbocycles. The summed E-state index contributed by atoms with van der Waals surface area (Å²) in [6.45, 7) is 3.37. The van der Waals surface area contributed by atoms with E-state index in [0.717, 1.165) is 37.9 Å². The van der Waals surface area contributed by atoms with Gasteiger partial charge in [-0.1, -0.05) is 25.0 Å². The third kappa shape index (κ3) is 6.78. The number of hydrogen-bond donors (Lipinski definition) is 2. The van der Waals surface area contributed by atoms with Crippen LogP contribution < -0.4 is 11.1 Å².